The Balaban J connectivity index is 2.02. The van der Waals surface area contributed by atoms with E-state index in [1.807, 2.05) is 42.5 Å². The van der Waals surface area contributed by atoms with Crippen molar-refractivity contribution in [3.8, 4) is 17.2 Å². The molecule has 0 bridgehead atoms. The van der Waals surface area contributed by atoms with Gasteiger partial charge in [0.15, 0.2) is 0 Å². The largest absolute Gasteiger partial charge is 0.465 e. The zero-order valence-electron chi connectivity index (χ0n) is 15.1. The summed E-state index contributed by atoms with van der Waals surface area (Å²) in [5.74, 6) is 2.71. The summed E-state index contributed by atoms with van der Waals surface area (Å²) in [6.45, 7) is 7.74. The minimum Gasteiger partial charge on any atom is -0.465 e. The second kappa shape index (κ2) is 10.5. The Bertz CT molecular complexity index is 782. The molecule has 0 fully saturated rings. The Morgan fingerprint density at radius 2 is 1.56 bits per heavy atom. The summed E-state index contributed by atoms with van der Waals surface area (Å²) in [6, 6.07) is 16.7. The van der Waals surface area contributed by atoms with E-state index >= 15 is 0 Å². The highest BCUT2D eigenvalue weighted by atomic mass is 16.5. The minimum atomic E-state index is -1.01. The predicted molar refractivity (Wildman–Crippen MR) is 106 cm³/mol. The first-order valence-electron chi connectivity index (χ1n) is 8.52. The number of nitrogens with zero attached hydrogens (tertiary/aromatic N) is 1. The molecule has 2 aromatic carbocycles. The number of carbonyl (C=O) groups is 1. The van der Waals surface area contributed by atoms with Crippen molar-refractivity contribution in [2.24, 2.45) is 0 Å². The lowest BCUT2D eigenvalue weighted by molar-refractivity contribution is 0.155. The molecule has 0 spiro atoms. The number of hydrogen-bond donors (Lipinski definition) is 1. The van der Waals surface area contributed by atoms with Gasteiger partial charge >= 0.3 is 6.09 Å². The monoisotopic (exact) mass is 365 g/mol. The van der Waals surface area contributed by atoms with E-state index in [-0.39, 0.29) is 13.1 Å². The molecule has 0 radical (unpaired) electrons. The molecule has 1 N–H and O–H groups in total. The number of hydrogen-bond acceptors (Lipinski definition) is 3. The fourth-order valence-corrected chi connectivity index (χ4v) is 2.26. The molecule has 1 amide bonds. The molecule has 140 valence electrons. The Labute approximate surface area is 159 Å². The summed E-state index contributed by atoms with van der Waals surface area (Å²) in [5.41, 5.74) is 0. The predicted octanol–water partition coefficient (Wildman–Crippen LogP) is 5.48. The molecule has 0 aromatic heterocycles. The van der Waals surface area contributed by atoms with Gasteiger partial charge in [-0.1, -0.05) is 30.4 Å². The number of benzene rings is 2. The van der Waals surface area contributed by atoms with Gasteiger partial charge < -0.3 is 19.5 Å². The molecule has 0 saturated heterocycles. The molecule has 27 heavy (non-hydrogen) atoms. The van der Waals surface area contributed by atoms with Crippen LogP contribution in [0, 0.1) is 0 Å². The average Bonchev–Trinajstić information content (AvgIpc) is 2.67. The van der Waals surface area contributed by atoms with Gasteiger partial charge in [0.25, 0.3) is 0 Å². The van der Waals surface area contributed by atoms with Gasteiger partial charge in [-0.15, -0.1) is 13.2 Å². The third kappa shape index (κ3) is 6.74. The number of para-hydroxylation sites is 1. The van der Waals surface area contributed by atoms with E-state index < -0.39 is 6.09 Å². The lowest BCUT2D eigenvalue weighted by atomic mass is 10.3. The van der Waals surface area contributed by atoms with Crippen LogP contribution < -0.4 is 9.47 Å². The second-order valence-corrected chi connectivity index (χ2v) is 5.63. The number of rotatable bonds is 10. The summed E-state index contributed by atoms with van der Waals surface area (Å²) in [5, 5.41) is 9.16. The first-order chi connectivity index (χ1) is 13.1. The highest BCUT2D eigenvalue weighted by Crippen LogP contribution is 2.24. The van der Waals surface area contributed by atoms with Gasteiger partial charge in [0.05, 0.1) is 0 Å². The number of allylic oxidation sites excluding steroid dienone is 1. The molecule has 0 aliphatic heterocycles. The second-order valence-electron chi connectivity index (χ2n) is 5.63. The fraction of sp³-hybridized carbons (Fsp3) is 0.136. The van der Waals surface area contributed by atoms with Crippen molar-refractivity contribution >= 4 is 6.09 Å². The van der Waals surface area contributed by atoms with Crippen molar-refractivity contribution < 1.29 is 19.4 Å². The lowest BCUT2D eigenvalue weighted by Gasteiger charge is -2.16. The van der Waals surface area contributed by atoms with Crippen molar-refractivity contribution in [2.75, 3.05) is 13.1 Å². The number of ether oxygens (including phenoxy) is 2. The topological polar surface area (TPSA) is 59.0 Å². The zero-order chi connectivity index (χ0) is 19.5. The molecule has 0 unspecified atom stereocenters. The average molecular weight is 365 g/mol. The standard InChI is InChI=1S/C22H23NO4/c1-3-8-18(15-17-23(16-4-2)22(24)25)26-20-11-13-21(14-12-20)27-19-9-6-5-7-10-19/h3-7,9-15H,1-2,8,16-17H2,(H,24,25). The molecule has 0 aliphatic rings. The van der Waals surface area contributed by atoms with Crippen LogP contribution in [-0.2, 0) is 0 Å². The van der Waals surface area contributed by atoms with Crippen molar-refractivity contribution in [3.63, 3.8) is 0 Å². The fourth-order valence-electron chi connectivity index (χ4n) is 2.26. The molecule has 0 saturated carbocycles. The van der Waals surface area contributed by atoms with Crippen molar-refractivity contribution in [1.29, 1.82) is 0 Å². The van der Waals surface area contributed by atoms with Gasteiger partial charge in [0, 0.05) is 19.5 Å². The molecule has 5 nitrogen and oxygen atoms in total. The minimum absolute atomic E-state index is 0.208. The van der Waals surface area contributed by atoms with E-state index in [2.05, 4.69) is 13.2 Å². The third-order valence-electron chi connectivity index (χ3n) is 3.56. The van der Waals surface area contributed by atoms with Crippen LogP contribution in [0.1, 0.15) is 6.42 Å². The van der Waals surface area contributed by atoms with Crippen LogP contribution in [0.4, 0.5) is 4.79 Å². The summed E-state index contributed by atoms with van der Waals surface area (Å²) in [6.07, 6.45) is 4.46. The van der Waals surface area contributed by atoms with Crippen LogP contribution in [0.5, 0.6) is 17.2 Å². The van der Waals surface area contributed by atoms with Crippen molar-refractivity contribution in [2.45, 2.75) is 6.42 Å². The van der Waals surface area contributed by atoms with Crippen LogP contribution in [0.25, 0.3) is 0 Å². The highest BCUT2D eigenvalue weighted by molar-refractivity contribution is 5.65. The third-order valence-corrected chi connectivity index (χ3v) is 3.56. The molecule has 5 heteroatoms. The van der Waals surface area contributed by atoms with E-state index in [1.54, 1.807) is 30.4 Å². The van der Waals surface area contributed by atoms with Crippen LogP contribution >= 0.6 is 0 Å². The molecule has 2 rings (SSSR count). The van der Waals surface area contributed by atoms with Gasteiger partial charge in [0.1, 0.15) is 23.0 Å². The highest BCUT2D eigenvalue weighted by Gasteiger charge is 2.09. The van der Waals surface area contributed by atoms with Crippen LogP contribution in [-0.4, -0.2) is 29.2 Å². The maximum atomic E-state index is 11.2. The Morgan fingerprint density at radius 1 is 0.926 bits per heavy atom. The maximum Gasteiger partial charge on any atom is 0.407 e. The first kappa shape index (κ1) is 19.8. The smallest absolute Gasteiger partial charge is 0.407 e. The summed E-state index contributed by atoms with van der Waals surface area (Å²) in [7, 11) is 0. The van der Waals surface area contributed by atoms with E-state index in [0.29, 0.717) is 23.7 Å². The molecular weight excluding hydrogens is 342 g/mol. The SMILES string of the molecule is C=CCC(=CCN(CC=C)C(=O)O)Oc1ccc(Oc2ccccc2)cc1. The van der Waals surface area contributed by atoms with Crippen LogP contribution in [0.2, 0.25) is 0 Å². The zero-order valence-corrected chi connectivity index (χ0v) is 15.1. The van der Waals surface area contributed by atoms with E-state index in [4.69, 9.17) is 14.6 Å². The number of carboxylic acid groups (broad SMARTS) is 1. The number of amides is 1. The molecule has 2 aromatic rings. The van der Waals surface area contributed by atoms with Crippen molar-refractivity contribution in [3.05, 3.63) is 91.7 Å². The van der Waals surface area contributed by atoms with E-state index in [1.165, 1.54) is 4.90 Å². The van der Waals surface area contributed by atoms with Crippen molar-refractivity contribution in [1.82, 2.24) is 4.90 Å². The Kier molecular flexibility index (Phi) is 7.72. The lowest BCUT2D eigenvalue weighted by Crippen LogP contribution is -2.29. The maximum absolute atomic E-state index is 11.2. The normalized spacial score (nSPS) is 10.7. The summed E-state index contributed by atoms with van der Waals surface area (Å²) < 4.78 is 11.6. The summed E-state index contributed by atoms with van der Waals surface area (Å²) >= 11 is 0. The first-order valence-corrected chi connectivity index (χ1v) is 8.52. The van der Waals surface area contributed by atoms with Crippen LogP contribution in [0.3, 0.4) is 0 Å². The molecule has 0 heterocycles. The van der Waals surface area contributed by atoms with Gasteiger partial charge in [-0.3, -0.25) is 0 Å². The molecule has 0 atom stereocenters. The quantitative estimate of drug-likeness (QED) is 0.447. The van der Waals surface area contributed by atoms with Gasteiger partial charge in [0.2, 0.25) is 0 Å². The van der Waals surface area contributed by atoms with Gasteiger partial charge in [-0.05, 0) is 42.5 Å². The molecular formula is C22H23NO4. The van der Waals surface area contributed by atoms with Gasteiger partial charge in [-0.2, -0.15) is 0 Å². The van der Waals surface area contributed by atoms with E-state index in [9.17, 15) is 4.79 Å². The Morgan fingerprint density at radius 3 is 2.15 bits per heavy atom. The summed E-state index contributed by atoms with van der Waals surface area (Å²) in [4.78, 5) is 12.4. The van der Waals surface area contributed by atoms with Gasteiger partial charge in [-0.25, -0.2) is 4.79 Å². The molecule has 0 aliphatic carbocycles. The van der Waals surface area contributed by atoms with Crippen LogP contribution in [0.15, 0.2) is 91.7 Å². The van der Waals surface area contributed by atoms with E-state index in [0.717, 1.165) is 5.75 Å². The Hall–Kier alpha value is -3.47.